The Morgan fingerprint density at radius 2 is 2.19 bits per heavy atom. The molecule has 0 saturated heterocycles. The van der Waals surface area contributed by atoms with Gasteiger partial charge in [-0.3, -0.25) is 9.52 Å². The minimum atomic E-state index is -0.912. The number of aliphatic carboxylic acids is 1. The van der Waals surface area contributed by atoms with E-state index in [0.717, 1.165) is 18.4 Å². The first-order chi connectivity index (χ1) is 7.66. The molecule has 0 aliphatic carbocycles. The number of unbranched alkanes of at least 4 members (excludes halogenated alkanes) is 1. The standard InChI is InChI=1S/C8H14N2O5S/c11-5-1-2-6-15-8(14)10-16-9-4-3-7(12)13/h5,9H,1-4,6H2,(H,10,14)(H,12,13). The van der Waals surface area contributed by atoms with Gasteiger partial charge in [-0.25, -0.2) is 9.52 Å². The number of carboxylic acid groups (broad SMARTS) is 1. The topological polar surface area (TPSA) is 105 Å². The Kier molecular flexibility index (Phi) is 9.43. The highest BCUT2D eigenvalue weighted by Gasteiger charge is 2.01. The first-order valence-corrected chi connectivity index (χ1v) is 5.45. The summed E-state index contributed by atoms with van der Waals surface area (Å²) in [6.07, 6.45) is 0.955. The minimum absolute atomic E-state index is 0.0247. The van der Waals surface area contributed by atoms with Crippen molar-refractivity contribution >= 4 is 30.5 Å². The van der Waals surface area contributed by atoms with Gasteiger partial charge in [0.15, 0.2) is 0 Å². The molecule has 0 aliphatic heterocycles. The fourth-order valence-corrected chi connectivity index (χ4v) is 1.07. The average molecular weight is 250 g/mol. The fraction of sp³-hybridized carbons (Fsp3) is 0.625. The molecule has 0 rings (SSSR count). The highest BCUT2D eigenvalue weighted by Crippen LogP contribution is 1.91. The van der Waals surface area contributed by atoms with E-state index < -0.39 is 12.1 Å². The number of hydrogen-bond donors (Lipinski definition) is 3. The summed E-state index contributed by atoms with van der Waals surface area (Å²) in [5, 5.41) is 8.30. The fourth-order valence-electron chi connectivity index (χ4n) is 0.648. The van der Waals surface area contributed by atoms with Gasteiger partial charge < -0.3 is 14.6 Å². The summed E-state index contributed by atoms with van der Waals surface area (Å²) in [4.78, 5) is 30.9. The molecular weight excluding hydrogens is 236 g/mol. The van der Waals surface area contributed by atoms with Crippen molar-refractivity contribution in [2.75, 3.05) is 13.2 Å². The quantitative estimate of drug-likeness (QED) is 0.307. The summed E-state index contributed by atoms with van der Waals surface area (Å²) < 4.78 is 9.60. The maximum atomic E-state index is 10.9. The summed E-state index contributed by atoms with van der Waals surface area (Å²) in [7, 11) is 0. The smallest absolute Gasteiger partial charge is 0.418 e. The Bertz CT molecular complexity index is 236. The molecule has 0 radical (unpaired) electrons. The van der Waals surface area contributed by atoms with E-state index in [1.165, 1.54) is 0 Å². The number of rotatable bonds is 9. The van der Waals surface area contributed by atoms with Crippen LogP contribution in [0.4, 0.5) is 4.79 Å². The maximum Gasteiger partial charge on any atom is 0.418 e. The van der Waals surface area contributed by atoms with Crippen LogP contribution in [-0.2, 0) is 14.3 Å². The number of aldehydes is 1. The number of carbonyl (C=O) groups excluding carboxylic acids is 2. The Balaban J connectivity index is 3.23. The Labute approximate surface area is 97.2 Å². The zero-order valence-corrected chi connectivity index (χ0v) is 9.42. The summed E-state index contributed by atoms with van der Waals surface area (Å²) >= 11 is 0.860. The van der Waals surface area contributed by atoms with Gasteiger partial charge in [-0.05, 0) is 6.42 Å². The summed E-state index contributed by atoms with van der Waals surface area (Å²) in [6, 6.07) is 0. The third kappa shape index (κ3) is 10.8. The SMILES string of the molecule is O=CCCCOC(=O)NSNCCC(=O)O. The predicted octanol–water partition coefficient (Wildman–Crippen LogP) is 0.319. The molecular formula is C8H14N2O5S. The van der Waals surface area contributed by atoms with E-state index in [1.807, 2.05) is 0 Å². The van der Waals surface area contributed by atoms with E-state index >= 15 is 0 Å². The van der Waals surface area contributed by atoms with Gasteiger partial charge in [0.25, 0.3) is 0 Å². The van der Waals surface area contributed by atoms with Gasteiger partial charge in [-0.15, -0.1) is 0 Å². The third-order valence-electron chi connectivity index (χ3n) is 1.35. The number of amides is 1. The lowest BCUT2D eigenvalue weighted by atomic mass is 10.4. The molecule has 0 fully saturated rings. The predicted molar refractivity (Wildman–Crippen MR) is 57.6 cm³/mol. The van der Waals surface area contributed by atoms with Crippen LogP contribution in [0.15, 0.2) is 0 Å². The monoisotopic (exact) mass is 250 g/mol. The van der Waals surface area contributed by atoms with Gasteiger partial charge in [0, 0.05) is 25.1 Å². The zero-order chi connectivity index (χ0) is 12.2. The van der Waals surface area contributed by atoms with E-state index in [2.05, 4.69) is 14.2 Å². The second kappa shape index (κ2) is 10.2. The van der Waals surface area contributed by atoms with Gasteiger partial charge >= 0.3 is 12.1 Å². The van der Waals surface area contributed by atoms with Crippen LogP contribution in [0.1, 0.15) is 19.3 Å². The molecule has 0 aliphatic rings. The van der Waals surface area contributed by atoms with E-state index in [4.69, 9.17) is 5.11 Å². The molecule has 0 heterocycles. The van der Waals surface area contributed by atoms with Crippen LogP contribution in [0.2, 0.25) is 0 Å². The molecule has 7 nitrogen and oxygen atoms in total. The molecule has 92 valence electrons. The molecule has 3 N–H and O–H groups in total. The lowest BCUT2D eigenvalue weighted by molar-refractivity contribution is -0.136. The largest absolute Gasteiger partial charge is 0.481 e. The van der Waals surface area contributed by atoms with E-state index in [1.54, 1.807) is 0 Å². The number of carbonyl (C=O) groups is 3. The Morgan fingerprint density at radius 1 is 1.44 bits per heavy atom. The van der Waals surface area contributed by atoms with E-state index in [-0.39, 0.29) is 19.6 Å². The zero-order valence-electron chi connectivity index (χ0n) is 8.60. The van der Waals surface area contributed by atoms with Gasteiger partial charge in [0.2, 0.25) is 0 Å². The van der Waals surface area contributed by atoms with Gasteiger partial charge in [-0.1, -0.05) is 0 Å². The van der Waals surface area contributed by atoms with Crippen LogP contribution in [0.5, 0.6) is 0 Å². The van der Waals surface area contributed by atoms with Gasteiger partial charge in [0.1, 0.15) is 6.29 Å². The van der Waals surface area contributed by atoms with Crippen molar-refractivity contribution in [3.05, 3.63) is 0 Å². The van der Waals surface area contributed by atoms with Crippen molar-refractivity contribution in [1.29, 1.82) is 0 Å². The minimum Gasteiger partial charge on any atom is -0.481 e. The summed E-state index contributed by atoms with van der Waals surface area (Å²) in [5.41, 5.74) is 0. The molecule has 1 amide bonds. The molecule has 0 atom stereocenters. The van der Waals surface area contributed by atoms with Crippen LogP contribution in [-0.4, -0.2) is 36.6 Å². The molecule has 0 unspecified atom stereocenters. The number of nitrogens with one attached hydrogen (secondary N) is 2. The third-order valence-corrected chi connectivity index (χ3v) is 1.96. The molecule has 8 heteroatoms. The maximum absolute atomic E-state index is 10.9. The van der Waals surface area contributed by atoms with Crippen molar-refractivity contribution in [3.8, 4) is 0 Å². The Hall–Kier alpha value is -1.28. The number of carboxylic acids is 1. The second-order valence-corrected chi connectivity index (χ2v) is 3.38. The van der Waals surface area contributed by atoms with Crippen LogP contribution in [0.3, 0.4) is 0 Å². The Morgan fingerprint density at radius 3 is 2.81 bits per heavy atom. The van der Waals surface area contributed by atoms with Crippen molar-refractivity contribution in [2.24, 2.45) is 0 Å². The van der Waals surface area contributed by atoms with Crippen molar-refractivity contribution in [3.63, 3.8) is 0 Å². The molecule has 16 heavy (non-hydrogen) atoms. The van der Waals surface area contributed by atoms with Crippen LogP contribution in [0, 0.1) is 0 Å². The van der Waals surface area contributed by atoms with Crippen molar-refractivity contribution < 1.29 is 24.2 Å². The highest BCUT2D eigenvalue weighted by atomic mass is 32.2. The van der Waals surface area contributed by atoms with Crippen molar-refractivity contribution in [2.45, 2.75) is 19.3 Å². The second-order valence-electron chi connectivity index (χ2n) is 2.69. The lowest BCUT2D eigenvalue weighted by Crippen LogP contribution is -2.23. The van der Waals surface area contributed by atoms with Crippen LogP contribution in [0.25, 0.3) is 0 Å². The highest BCUT2D eigenvalue weighted by molar-refractivity contribution is 7.96. The number of hydrogen-bond acceptors (Lipinski definition) is 6. The molecule has 0 saturated carbocycles. The molecule has 0 aromatic carbocycles. The van der Waals surface area contributed by atoms with Crippen LogP contribution < -0.4 is 9.44 Å². The first kappa shape index (κ1) is 14.7. The van der Waals surface area contributed by atoms with Gasteiger partial charge in [-0.2, -0.15) is 0 Å². The van der Waals surface area contributed by atoms with E-state index in [0.29, 0.717) is 12.8 Å². The molecule has 0 aromatic rings. The summed E-state index contributed by atoms with van der Waals surface area (Å²) in [5.74, 6) is -0.912. The summed E-state index contributed by atoms with van der Waals surface area (Å²) in [6.45, 7) is 0.422. The number of ether oxygens (including phenoxy) is 1. The van der Waals surface area contributed by atoms with E-state index in [9.17, 15) is 14.4 Å². The van der Waals surface area contributed by atoms with Crippen molar-refractivity contribution in [1.82, 2.24) is 9.44 Å². The molecule has 0 aromatic heterocycles. The lowest BCUT2D eigenvalue weighted by Gasteiger charge is -2.05. The normalized spacial score (nSPS) is 9.50. The van der Waals surface area contributed by atoms with Gasteiger partial charge in [0.05, 0.1) is 13.0 Å². The average Bonchev–Trinajstić information content (AvgIpc) is 2.23. The molecule has 0 spiro atoms. The van der Waals surface area contributed by atoms with Crippen LogP contribution >= 0.6 is 12.1 Å². The first-order valence-electron chi connectivity index (χ1n) is 4.63. The molecule has 0 bridgehead atoms.